The van der Waals surface area contributed by atoms with Gasteiger partial charge in [0.15, 0.2) is 5.96 Å². The first-order valence-corrected chi connectivity index (χ1v) is 10.4. The number of sulfonamides is 1. The molecule has 0 aromatic carbocycles. The second-order valence-electron chi connectivity index (χ2n) is 6.45. The fourth-order valence-corrected chi connectivity index (χ4v) is 4.56. The lowest BCUT2D eigenvalue weighted by atomic mass is 10.2. The third-order valence-electron chi connectivity index (χ3n) is 4.66. The lowest BCUT2D eigenvalue weighted by molar-refractivity contribution is -0.129. The molecule has 0 saturated carbocycles. The monoisotopic (exact) mass is 359 g/mol. The van der Waals surface area contributed by atoms with Crippen molar-refractivity contribution in [3.63, 3.8) is 0 Å². The van der Waals surface area contributed by atoms with Gasteiger partial charge >= 0.3 is 0 Å². The molecular weight excluding hydrogens is 330 g/mol. The van der Waals surface area contributed by atoms with Gasteiger partial charge in [-0.25, -0.2) is 8.42 Å². The van der Waals surface area contributed by atoms with Crippen LogP contribution in [-0.2, 0) is 14.8 Å². The van der Waals surface area contributed by atoms with Crippen LogP contribution in [0.2, 0.25) is 0 Å². The number of nitrogens with one attached hydrogen (secondary N) is 2. The zero-order chi connectivity index (χ0) is 17.7. The van der Waals surface area contributed by atoms with Gasteiger partial charge < -0.3 is 15.5 Å². The normalized spacial score (nSPS) is 26.0. The fraction of sp³-hybridized carbons (Fsp3) is 0.867. The van der Waals surface area contributed by atoms with Crippen LogP contribution in [0.25, 0.3) is 0 Å². The summed E-state index contributed by atoms with van der Waals surface area (Å²) >= 11 is 0. The van der Waals surface area contributed by atoms with Gasteiger partial charge in [-0.1, -0.05) is 6.92 Å². The van der Waals surface area contributed by atoms with E-state index in [9.17, 15) is 13.2 Å². The van der Waals surface area contributed by atoms with Crippen molar-refractivity contribution in [1.29, 1.82) is 0 Å². The maximum Gasteiger partial charge on any atom is 0.222 e. The molecule has 2 N–H and O–H groups in total. The average molecular weight is 359 g/mol. The Bertz CT molecular complexity index is 578. The number of amides is 1. The predicted molar refractivity (Wildman–Crippen MR) is 94.3 cm³/mol. The smallest absolute Gasteiger partial charge is 0.222 e. The molecule has 8 nitrogen and oxygen atoms in total. The molecule has 0 spiro atoms. The fourth-order valence-electron chi connectivity index (χ4n) is 3.38. The van der Waals surface area contributed by atoms with Gasteiger partial charge in [-0.15, -0.1) is 0 Å². The number of aliphatic imine (C=N–C) groups is 1. The molecule has 9 heteroatoms. The van der Waals surface area contributed by atoms with E-state index in [0.717, 1.165) is 25.8 Å². The Balaban J connectivity index is 1.82. The molecule has 1 unspecified atom stereocenters. The minimum Gasteiger partial charge on any atom is -0.355 e. The van der Waals surface area contributed by atoms with E-state index >= 15 is 0 Å². The molecule has 1 amide bonds. The average Bonchev–Trinajstić information content (AvgIpc) is 3.19. The molecule has 0 bridgehead atoms. The summed E-state index contributed by atoms with van der Waals surface area (Å²) in [6.07, 6.45) is 4.44. The van der Waals surface area contributed by atoms with Crippen LogP contribution in [0.15, 0.2) is 4.99 Å². The number of carbonyl (C=O) groups excluding carboxylic acids is 1. The second kappa shape index (κ2) is 8.15. The van der Waals surface area contributed by atoms with Crippen LogP contribution in [0.1, 0.15) is 32.6 Å². The highest BCUT2D eigenvalue weighted by molar-refractivity contribution is 7.88. The van der Waals surface area contributed by atoms with Crippen LogP contribution < -0.4 is 10.6 Å². The van der Waals surface area contributed by atoms with Crippen LogP contribution >= 0.6 is 0 Å². The first-order valence-electron chi connectivity index (χ1n) is 8.57. The molecule has 138 valence electrons. The molecule has 0 aromatic heterocycles. The molecule has 2 rings (SSSR count). The second-order valence-corrected chi connectivity index (χ2v) is 8.38. The van der Waals surface area contributed by atoms with Crippen molar-refractivity contribution < 1.29 is 13.2 Å². The molecule has 2 aliphatic heterocycles. The van der Waals surface area contributed by atoms with E-state index in [1.807, 2.05) is 11.8 Å². The van der Waals surface area contributed by atoms with Crippen molar-refractivity contribution in [2.75, 3.05) is 39.5 Å². The summed E-state index contributed by atoms with van der Waals surface area (Å²) < 4.78 is 25.1. The Morgan fingerprint density at radius 1 is 1.29 bits per heavy atom. The summed E-state index contributed by atoms with van der Waals surface area (Å²) in [6, 6.07) is 0.154. The highest BCUT2D eigenvalue weighted by Gasteiger charge is 2.31. The number of carbonyl (C=O) groups is 1. The zero-order valence-corrected chi connectivity index (χ0v) is 15.6. The van der Waals surface area contributed by atoms with Crippen molar-refractivity contribution >= 4 is 21.9 Å². The number of rotatable bonds is 5. The minimum atomic E-state index is -3.16. The minimum absolute atomic E-state index is 0.0275. The number of guanidine groups is 1. The molecule has 0 aliphatic carbocycles. The summed E-state index contributed by atoms with van der Waals surface area (Å²) in [5.41, 5.74) is 0. The Morgan fingerprint density at radius 2 is 2.04 bits per heavy atom. The maximum absolute atomic E-state index is 11.8. The summed E-state index contributed by atoms with van der Waals surface area (Å²) in [7, 11) is -1.46. The maximum atomic E-state index is 11.8. The zero-order valence-electron chi connectivity index (χ0n) is 14.8. The molecule has 2 heterocycles. The van der Waals surface area contributed by atoms with Crippen molar-refractivity contribution in [1.82, 2.24) is 19.8 Å². The van der Waals surface area contributed by atoms with Crippen molar-refractivity contribution in [3.8, 4) is 0 Å². The van der Waals surface area contributed by atoms with Crippen LogP contribution in [0.4, 0.5) is 0 Å². The molecule has 2 saturated heterocycles. The summed E-state index contributed by atoms with van der Waals surface area (Å²) in [5, 5.41) is 6.56. The number of hydrogen-bond donors (Lipinski definition) is 2. The standard InChI is InChI=1S/C15H29N5O3S/c1-4-14(21)19-9-7-12(11-19)18-15(16-2)17-10-13-6-5-8-20(13)24(3,22)23/h12-13H,4-11H2,1-3H3,(H2,16,17,18)/t12?,13-/m1/s1. The van der Waals surface area contributed by atoms with Crippen LogP contribution in [0.3, 0.4) is 0 Å². The Hall–Kier alpha value is -1.35. The van der Waals surface area contributed by atoms with Crippen LogP contribution in [0, 0.1) is 0 Å². The van der Waals surface area contributed by atoms with Gasteiger partial charge in [-0.05, 0) is 19.3 Å². The number of likely N-dealkylation sites (tertiary alicyclic amines) is 1. The van der Waals surface area contributed by atoms with Gasteiger partial charge in [-0.3, -0.25) is 9.79 Å². The molecule has 24 heavy (non-hydrogen) atoms. The van der Waals surface area contributed by atoms with Gasteiger partial charge in [-0.2, -0.15) is 4.31 Å². The first kappa shape index (κ1) is 19.0. The topological polar surface area (TPSA) is 94.1 Å². The first-order chi connectivity index (χ1) is 11.3. The van der Waals surface area contributed by atoms with Crippen molar-refractivity contribution in [2.45, 2.75) is 44.7 Å². The van der Waals surface area contributed by atoms with Gasteiger partial charge in [0, 0.05) is 51.7 Å². The summed E-state index contributed by atoms with van der Waals surface area (Å²) in [6.45, 7) is 4.46. The lowest BCUT2D eigenvalue weighted by Crippen LogP contribution is -2.49. The Kier molecular flexibility index (Phi) is 6.45. The third-order valence-corrected chi connectivity index (χ3v) is 5.99. The number of hydrogen-bond acceptors (Lipinski definition) is 4. The molecule has 2 atom stereocenters. The quantitative estimate of drug-likeness (QED) is 0.514. The molecular formula is C15H29N5O3S. The number of nitrogens with zero attached hydrogens (tertiary/aromatic N) is 3. The largest absolute Gasteiger partial charge is 0.355 e. The third kappa shape index (κ3) is 4.83. The van der Waals surface area contributed by atoms with E-state index < -0.39 is 10.0 Å². The van der Waals surface area contributed by atoms with E-state index in [-0.39, 0.29) is 18.0 Å². The van der Waals surface area contributed by atoms with E-state index in [1.165, 1.54) is 6.26 Å². The highest BCUT2D eigenvalue weighted by atomic mass is 32.2. The summed E-state index contributed by atoms with van der Waals surface area (Å²) in [4.78, 5) is 17.8. The van der Waals surface area contributed by atoms with Gasteiger partial charge in [0.2, 0.25) is 15.9 Å². The van der Waals surface area contributed by atoms with Crippen LogP contribution in [0.5, 0.6) is 0 Å². The molecule has 0 radical (unpaired) electrons. The van der Waals surface area contributed by atoms with E-state index in [2.05, 4.69) is 15.6 Å². The molecule has 2 fully saturated rings. The SMILES string of the molecule is CCC(=O)N1CCC(NC(=NC)NC[C@H]2CCCN2S(C)(=O)=O)C1. The van der Waals surface area contributed by atoms with Crippen LogP contribution in [-0.4, -0.2) is 81.1 Å². The van der Waals surface area contributed by atoms with E-state index in [4.69, 9.17) is 0 Å². The molecule has 0 aromatic rings. The van der Waals surface area contributed by atoms with E-state index in [1.54, 1.807) is 11.4 Å². The van der Waals surface area contributed by atoms with Crippen molar-refractivity contribution in [2.24, 2.45) is 4.99 Å². The molecule has 2 aliphatic rings. The van der Waals surface area contributed by atoms with Gasteiger partial charge in [0.25, 0.3) is 0 Å². The predicted octanol–water partition coefficient (Wildman–Crippen LogP) is -0.414. The Morgan fingerprint density at radius 3 is 2.67 bits per heavy atom. The van der Waals surface area contributed by atoms with Gasteiger partial charge in [0.1, 0.15) is 0 Å². The van der Waals surface area contributed by atoms with Crippen molar-refractivity contribution in [3.05, 3.63) is 0 Å². The van der Waals surface area contributed by atoms with E-state index in [0.29, 0.717) is 32.0 Å². The summed E-state index contributed by atoms with van der Waals surface area (Å²) in [5.74, 6) is 0.836. The Labute approximate surface area is 144 Å². The highest BCUT2D eigenvalue weighted by Crippen LogP contribution is 2.19. The lowest BCUT2D eigenvalue weighted by Gasteiger charge is -2.24. The van der Waals surface area contributed by atoms with Gasteiger partial charge in [0.05, 0.1) is 6.26 Å².